The summed E-state index contributed by atoms with van der Waals surface area (Å²) in [7, 11) is -8.28. The van der Waals surface area contributed by atoms with E-state index in [1.165, 1.54) is 24.0 Å². The minimum Gasteiger partial charge on any atom is -0.322 e. The van der Waals surface area contributed by atoms with Crippen molar-refractivity contribution in [3.05, 3.63) is 29.3 Å². The van der Waals surface area contributed by atoms with Crippen molar-refractivity contribution in [1.82, 2.24) is 0 Å². The van der Waals surface area contributed by atoms with Crippen LogP contribution in [0.15, 0.2) is 22.9 Å². The summed E-state index contributed by atoms with van der Waals surface area (Å²) in [4.78, 5) is 0. The Balaban J connectivity index is 2.61. The third-order valence-corrected chi connectivity index (χ3v) is 47.5. The average molecular weight is 490 g/mol. The Bertz CT molecular complexity index is 807. The largest absolute Gasteiger partial charge is 0.322 e. The number of benzene rings is 1. The summed E-state index contributed by atoms with van der Waals surface area (Å²) in [5.41, 5.74) is 2.88. The van der Waals surface area contributed by atoms with Crippen LogP contribution in [-0.4, -0.2) is 46.7 Å². The Morgan fingerprint density at radius 2 is 1.10 bits per heavy atom. The van der Waals surface area contributed by atoms with Crippen LogP contribution in [-0.2, 0) is 0 Å². The molecule has 0 aromatic heterocycles. The standard InChI is InChI=1S/C24H47NSi5/c1-20-14-15-22-21(18-20)19-25-30(22)23(26(2,3)4,27(5,6)7)16-17-24(30,28(8,9)10)29(11,12)13/h14-15,18-19H,16-17H2,1-13H3. The molecule has 3 rings (SSSR count). The first-order chi connectivity index (χ1) is 13.3. The molecule has 0 unspecified atom stereocenters. The highest BCUT2D eigenvalue weighted by Crippen LogP contribution is 2.76. The molecule has 0 radical (unpaired) electrons. The van der Waals surface area contributed by atoms with E-state index < -0.39 is 40.5 Å². The summed E-state index contributed by atoms with van der Waals surface area (Å²) >= 11 is 0. The molecule has 1 aromatic carbocycles. The van der Waals surface area contributed by atoms with E-state index in [0.717, 1.165) is 0 Å². The van der Waals surface area contributed by atoms with Gasteiger partial charge in [-0.15, -0.1) is 0 Å². The molecule has 0 aliphatic carbocycles. The van der Waals surface area contributed by atoms with E-state index in [1.54, 1.807) is 5.19 Å². The lowest BCUT2D eigenvalue weighted by molar-refractivity contribution is 0.763. The summed E-state index contributed by atoms with van der Waals surface area (Å²) < 4.78 is 7.04. The summed E-state index contributed by atoms with van der Waals surface area (Å²) in [5, 5.41) is 1.75. The molecule has 0 saturated carbocycles. The number of hydrogen-bond acceptors (Lipinski definition) is 1. The highest BCUT2D eigenvalue weighted by atomic mass is 28.5. The Labute approximate surface area is 192 Å². The third-order valence-electron chi connectivity index (χ3n) is 9.23. The highest BCUT2D eigenvalue weighted by molar-refractivity contribution is 7.30. The lowest BCUT2D eigenvalue weighted by Gasteiger charge is -2.64. The van der Waals surface area contributed by atoms with Gasteiger partial charge in [-0.25, -0.2) is 0 Å². The molecule has 1 nitrogen and oxygen atoms in total. The van der Waals surface area contributed by atoms with Gasteiger partial charge in [-0.1, -0.05) is 115 Å². The van der Waals surface area contributed by atoms with E-state index in [2.05, 4.69) is 110 Å². The molecule has 1 aromatic rings. The predicted molar refractivity (Wildman–Crippen MR) is 152 cm³/mol. The lowest BCUT2D eigenvalue weighted by atomic mass is 10.1. The van der Waals surface area contributed by atoms with Crippen molar-refractivity contribution in [2.75, 3.05) is 0 Å². The number of hydrogen-bond donors (Lipinski definition) is 0. The molecule has 2 heterocycles. The van der Waals surface area contributed by atoms with E-state index in [-0.39, 0.29) is 0 Å². The second-order valence-corrected chi connectivity index (χ2v) is 42.7. The van der Waals surface area contributed by atoms with Gasteiger partial charge >= 0.3 is 0 Å². The van der Waals surface area contributed by atoms with Crippen LogP contribution in [0, 0.1) is 6.92 Å². The molecular formula is C24H47NSi5. The number of fused-ring (bicyclic) bond motifs is 2. The Hall–Kier alpha value is -0.0256. The molecule has 0 bridgehead atoms. The average Bonchev–Trinajstić information content (AvgIpc) is 3.03. The van der Waals surface area contributed by atoms with Gasteiger partial charge in [0.25, 0.3) is 0 Å². The highest BCUT2D eigenvalue weighted by Gasteiger charge is 2.82. The van der Waals surface area contributed by atoms with Crippen LogP contribution < -0.4 is 5.19 Å². The van der Waals surface area contributed by atoms with Crippen molar-refractivity contribution in [3.8, 4) is 0 Å². The monoisotopic (exact) mass is 489 g/mol. The van der Waals surface area contributed by atoms with Crippen molar-refractivity contribution in [1.29, 1.82) is 0 Å². The predicted octanol–water partition coefficient (Wildman–Crippen LogP) is 7.36. The van der Waals surface area contributed by atoms with Gasteiger partial charge in [0.15, 0.2) is 0 Å². The molecule has 2 aliphatic rings. The normalized spacial score (nSPS) is 22.6. The van der Waals surface area contributed by atoms with Gasteiger partial charge in [-0.3, -0.25) is 0 Å². The van der Waals surface area contributed by atoms with Crippen LogP contribution in [0.1, 0.15) is 24.0 Å². The zero-order chi connectivity index (χ0) is 23.2. The molecule has 1 fully saturated rings. The molecule has 0 N–H and O–H groups in total. The minimum atomic E-state index is -2.20. The number of rotatable bonds is 4. The van der Waals surface area contributed by atoms with Crippen LogP contribution >= 0.6 is 0 Å². The maximum absolute atomic E-state index is 6.00. The molecule has 6 heteroatoms. The first kappa shape index (κ1) is 24.6. The Kier molecular flexibility index (Phi) is 5.53. The first-order valence-corrected chi connectivity index (χ1v) is 27.9. The lowest BCUT2D eigenvalue weighted by Crippen LogP contribution is -2.79. The number of nitrogens with zero attached hydrogens (tertiary/aromatic N) is 1. The van der Waals surface area contributed by atoms with Crippen molar-refractivity contribution in [2.24, 2.45) is 4.66 Å². The van der Waals surface area contributed by atoms with Crippen molar-refractivity contribution in [3.63, 3.8) is 0 Å². The van der Waals surface area contributed by atoms with E-state index in [1.807, 2.05) is 0 Å². The smallest absolute Gasteiger partial charge is 0.214 e. The quantitative estimate of drug-likeness (QED) is 0.391. The SMILES string of the molecule is Cc1ccc2c(c1)C=N[Si]21C([Si](C)(C)C)([Si](C)(C)C)CCC1([Si](C)(C)C)[Si](C)(C)C. The van der Waals surface area contributed by atoms with Crippen LogP contribution in [0.5, 0.6) is 0 Å². The second-order valence-electron chi connectivity index (χ2n) is 14.4. The fraction of sp³-hybridized carbons (Fsp3) is 0.708. The summed E-state index contributed by atoms with van der Waals surface area (Å²) in [6.45, 7) is 34.8. The van der Waals surface area contributed by atoms with E-state index in [9.17, 15) is 0 Å². The minimum absolute atomic E-state index is 0.518. The Morgan fingerprint density at radius 3 is 1.47 bits per heavy atom. The van der Waals surface area contributed by atoms with Gasteiger partial charge < -0.3 is 4.66 Å². The third kappa shape index (κ3) is 2.75. The second kappa shape index (κ2) is 6.75. The summed E-state index contributed by atoms with van der Waals surface area (Å²) in [6, 6.07) is 7.45. The molecule has 0 atom stereocenters. The van der Waals surface area contributed by atoms with Crippen LogP contribution in [0.25, 0.3) is 0 Å². The zero-order valence-electron chi connectivity index (χ0n) is 22.2. The van der Waals surface area contributed by atoms with Gasteiger partial charge in [0.2, 0.25) is 8.24 Å². The van der Waals surface area contributed by atoms with Gasteiger partial charge in [-0.05, 0) is 26.2 Å². The van der Waals surface area contributed by atoms with Crippen molar-refractivity contribution < 1.29 is 0 Å². The maximum atomic E-state index is 6.00. The molecule has 2 aliphatic heterocycles. The molecular weight excluding hydrogens is 443 g/mol. The number of aryl methyl sites for hydroxylation is 1. The first-order valence-electron chi connectivity index (χ1n) is 12.0. The van der Waals surface area contributed by atoms with Gasteiger partial charge in [0.05, 0.1) is 0 Å². The van der Waals surface area contributed by atoms with Crippen LogP contribution in [0.2, 0.25) is 87.1 Å². The van der Waals surface area contributed by atoms with E-state index in [0.29, 0.717) is 8.57 Å². The topological polar surface area (TPSA) is 12.4 Å². The Morgan fingerprint density at radius 1 is 0.700 bits per heavy atom. The van der Waals surface area contributed by atoms with Gasteiger partial charge in [0, 0.05) is 38.5 Å². The molecule has 30 heavy (non-hydrogen) atoms. The van der Waals surface area contributed by atoms with Gasteiger partial charge in [-0.2, -0.15) is 0 Å². The summed E-state index contributed by atoms with van der Waals surface area (Å²) in [6.07, 6.45) is 5.30. The molecule has 168 valence electrons. The zero-order valence-corrected chi connectivity index (χ0v) is 27.2. The fourth-order valence-electron chi connectivity index (χ4n) is 9.06. The maximum Gasteiger partial charge on any atom is 0.214 e. The van der Waals surface area contributed by atoms with E-state index >= 15 is 0 Å². The van der Waals surface area contributed by atoms with Gasteiger partial charge in [0.1, 0.15) is 0 Å². The van der Waals surface area contributed by atoms with Crippen LogP contribution in [0.3, 0.4) is 0 Å². The molecule has 1 saturated heterocycles. The fourth-order valence-corrected chi connectivity index (χ4v) is 58.8. The van der Waals surface area contributed by atoms with Crippen LogP contribution in [0.4, 0.5) is 0 Å². The van der Waals surface area contributed by atoms with Crippen molar-refractivity contribution >= 4 is 51.9 Å². The van der Waals surface area contributed by atoms with Crippen molar-refractivity contribution in [2.45, 2.75) is 107 Å². The summed E-state index contributed by atoms with van der Waals surface area (Å²) in [5.74, 6) is 0. The van der Waals surface area contributed by atoms with E-state index in [4.69, 9.17) is 4.66 Å². The molecule has 1 spiro atoms. The molecule has 0 amide bonds.